The van der Waals surface area contributed by atoms with E-state index in [1.165, 1.54) is 25.7 Å². The number of hydrogen-bond acceptors (Lipinski definition) is 4. The lowest BCUT2D eigenvalue weighted by molar-refractivity contribution is -0.371. The topological polar surface area (TPSA) is 52.4 Å². The Labute approximate surface area is 150 Å². The molecule has 1 aliphatic carbocycles. The van der Waals surface area contributed by atoms with E-state index < -0.39 is 10.0 Å². The summed E-state index contributed by atoms with van der Waals surface area (Å²) in [7, 11) is -3.40. The molecule has 5 nitrogen and oxygen atoms in total. The molecule has 1 atom stereocenters. The highest BCUT2D eigenvalue weighted by atomic mass is 32.2. The molecule has 1 N–H and O–H groups in total. The van der Waals surface area contributed by atoms with Crippen LogP contribution in [0.4, 0.5) is 0 Å². The molecule has 1 saturated carbocycles. The molecule has 0 radical (unpaired) electrons. The highest BCUT2D eigenvalue weighted by Gasteiger charge is 2.47. The molecule has 4 rings (SSSR count). The summed E-state index contributed by atoms with van der Waals surface area (Å²) >= 11 is 0. The van der Waals surface area contributed by atoms with Gasteiger partial charge in [-0.15, -0.1) is 3.98 Å². The minimum atomic E-state index is -3.40. The van der Waals surface area contributed by atoms with E-state index in [0.717, 1.165) is 37.3 Å². The maximum absolute atomic E-state index is 13.0. The average molecular weight is 363 g/mol. The normalized spacial score (nSPS) is 24.6. The Kier molecular flexibility index (Phi) is 4.69. The molecule has 0 aromatic heterocycles. The Balaban J connectivity index is 1.46. The van der Waals surface area contributed by atoms with Crippen LogP contribution in [-0.2, 0) is 16.6 Å². The van der Waals surface area contributed by atoms with Crippen LogP contribution in [0.5, 0.6) is 0 Å². The Morgan fingerprint density at radius 2 is 1.92 bits per heavy atom. The summed E-state index contributed by atoms with van der Waals surface area (Å²) in [5.74, 6) is 0. The van der Waals surface area contributed by atoms with E-state index in [9.17, 15) is 8.42 Å². The zero-order chi connectivity index (χ0) is 17.4. The summed E-state index contributed by atoms with van der Waals surface area (Å²) < 4.78 is 27.6. The van der Waals surface area contributed by atoms with Gasteiger partial charge in [-0.3, -0.25) is 4.90 Å². The fourth-order valence-electron chi connectivity index (χ4n) is 4.45. The van der Waals surface area contributed by atoms with Gasteiger partial charge in [-0.05, 0) is 37.1 Å². The Morgan fingerprint density at radius 3 is 2.52 bits per heavy atom. The third kappa shape index (κ3) is 3.27. The quantitative estimate of drug-likeness (QED) is 0.786. The molecule has 3 aliphatic rings. The summed E-state index contributed by atoms with van der Waals surface area (Å²) in [6.45, 7) is 5.35. The number of nitrogens with one attached hydrogen (secondary N) is 1. The fourth-order valence-corrected chi connectivity index (χ4v) is 6.02. The lowest BCUT2D eigenvalue weighted by atomic mass is 10.2. The lowest BCUT2D eigenvalue weighted by Crippen LogP contribution is -2.41. The molecular formula is C19H28N3O2S+. The first kappa shape index (κ1) is 17.2. The Bertz CT molecular complexity index is 764. The van der Waals surface area contributed by atoms with Crippen LogP contribution in [0.3, 0.4) is 0 Å². The Morgan fingerprint density at radius 1 is 1.20 bits per heavy atom. The molecule has 1 aromatic carbocycles. The second-order valence-corrected chi connectivity index (χ2v) is 9.39. The smallest absolute Gasteiger partial charge is 0.310 e. The van der Waals surface area contributed by atoms with Crippen LogP contribution < -0.4 is 5.32 Å². The van der Waals surface area contributed by atoms with Crippen molar-refractivity contribution in [2.24, 2.45) is 0 Å². The van der Waals surface area contributed by atoms with Crippen LogP contribution in [0, 0.1) is 0 Å². The number of benzene rings is 1. The van der Waals surface area contributed by atoms with Crippen molar-refractivity contribution >= 4 is 15.7 Å². The number of nitrogens with zero attached hydrogens (tertiary/aromatic N) is 2. The van der Waals surface area contributed by atoms with E-state index in [4.69, 9.17) is 0 Å². The molecule has 1 unspecified atom stereocenters. The fraction of sp³-hybridized carbons (Fsp3) is 0.632. The van der Waals surface area contributed by atoms with Crippen molar-refractivity contribution in [3.63, 3.8) is 0 Å². The van der Waals surface area contributed by atoms with Crippen molar-refractivity contribution < 1.29 is 12.4 Å². The predicted octanol–water partition coefficient (Wildman–Crippen LogP) is 1.97. The largest absolute Gasteiger partial charge is 0.394 e. The number of likely N-dealkylation sites (N-methyl/N-ethyl adjacent to an activating group) is 1. The highest BCUT2D eigenvalue weighted by molar-refractivity contribution is 7.85. The van der Waals surface area contributed by atoms with E-state index in [1.54, 1.807) is 16.1 Å². The van der Waals surface area contributed by atoms with Gasteiger partial charge >= 0.3 is 10.0 Å². The molecule has 25 heavy (non-hydrogen) atoms. The molecule has 1 saturated heterocycles. The molecule has 2 fully saturated rings. The zero-order valence-electron chi connectivity index (χ0n) is 14.9. The number of likely N-dealkylation sites (tertiary alicyclic amines) is 1. The van der Waals surface area contributed by atoms with Crippen LogP contribution in [0.2, 0.25) is 0 Å². The van der Waals surface area contributed by atoms with Crippen molar-refractivity contribution in [3.8, 4) is 0 Å². The number of fused-ring (bicyclic) bond motifs is 2. The van der Waals surface area contributed by atoms with Gasteiger partial charge in [0.25, 0.3) is 0 Å². The third-order valence-electron chi connectivity index (χ3n) is 5.97. The van der Waals surface area contributed by atoms with Crippen molar-refractivity contribution in [3.05, 3.63) is 29.8 Å². The summed E-state index contributed by atoms with van der Waals surface area (Å²) in [5.41, 5.74) is 2.21. The maximum Gasteiger partial charge on any atom is 0.394 e. The van der Waals surface area contributed by atoms with Crippen molar-refractivity contribution in [1.29, 1.82) is 0 Å². The van der Waals surface area contributed by atoms with E-state index in [2.05, 4.69) is 17.1 Å². The first-order valence-corrected chi connectivity index (χ1v) is 11.0. The van der Waals surface area contributed by atoms with Gasteiger partial charge in [0.05, 0.1) is 19.0 Å². The molecule has 2 aliphatic heterocycles. The molecule has 136 valence electrons. The van der Waals surface area contributed by atoms with E-state index in [1.807, 2.05) is 12.1 Å². The molecular weight excluding hydrogens is 334 g/mol. The van der Waals surface area contributed by atoms with Gasteiger partial charge < -0.3 is 5.32 Å². The first-order chi connectivity index (χ1) is 12.1. The number of sulfonamides is 1. The summed E-state index contributed by atoms with van der Waals surface area (Å²) in [6.07, 6.45) is 6.06. The van der Waals surface area contributed by atoms with Crippen LogP contribution in [0.15, 0.2) is 29.2 Å². The molecule has 1 aromatic rings. The van der Waals surface area contributed by atoms with Crippen molar-refractivity contribution in [2.75, 3.05) is 19.6 Å². The molecule has 0 amide bonds. The minimum Gasteiger partial charge on any atom is -0.310 e. The molecule has 6 heteroatoms. The molecule has 2 bridgehead atoms. The van der Waals surface area contributed by atoms with Crippen LogP contribution in [0.1, 0.15) is 44.6 Å². The second kappa shape index (κ2) is 6.82. The van der Waals surface area contributed by atoms with Gasteiger partial charge in [0.2, 0.25) is 0 Å². The molecule has 2 heterocycles. The predicted molar refractivity (Wildman–Crippen MR) is 98.5 cm³/mol. The first-order valence-electron chi connectivity index (χ1n) is 9.51. The van der Waals surface area contributed by atoms with E-state index in [0.29, 0.717) is 23.5 Å². The van der Waals surface area contributed by atoms with Crippen LogP contribution >= 0.6 is 0 Å². The monoisotopic (exact) mass is 362 g/mol. The second-order valence-electron chi connectivity index (χ2n) is 7.53. The van der Waals surface area contributed by atoms with Gasteiger partial charge in [-0.2, -0.15) is 8.42 Å². The summed E-state index contributed by atoms with van der Waals surface area (Å²) in [4.78, 5) is 2.78. The highest BCUT2D eigenvalue weighted by Crippen LogP contribution is 2.26. The zero-order valence-corrected chi connectivity index (χ0v) is 15.8. The SMILES string of the molecule is CCN1CC2=[N+](S(=O)(=O)c3ccc(CNC4CCCC4)cc3)CC1C2. The van der Waals surface area contributed by atoms with Crippen LogP contribution in [0.25, 0.3) is 0 Å². The maximum atomic E-state index is 13.0. The van der Waals surface area contributed by atoms with Gasteiger partial charge in [0, 0.05) is 12.6 Å². The van der Waals surface area contributed by atoms with Crippen LogP contribution in [-0.4, -0.2) is 54.7 Å². The van der Waals surface area contributed by atoms with Gasteiger partial charge in [0.15, 0.2) is 12.3 Å². The van der Waals surface area contributed by atoms with E-state index >= 15 is 0 Å². The number of hydrogen-bond donors (Lipinski definition) is 1. The van der Waals surface area contributed by atoms with Gasteiger partial charge in [-0.25, -0.2) is 0 Å². The molecule has 0 spiro atoms. The average Bonchev–Trinajstić information content (AvgIpc) is 3.36. The summed E-state index contributed by atoms with van der Waals surface area (Å²) in [5, 5.41) is 3.57. The van der Waals surface area contributed by atoms with Gasteiger partial charge in [0.1, 0.15) is 4.90 Å². The minimum absolute atomic E-state index is 0.365. The Hall–Kier alpha value is -1.24. The van der Waals surface area contributed by atoms with Crippen molar-refractivity contribution in [2.45, 2.75) is 62.6 Å². The van der Waals surface area contributed by atoms with Crippen molar-refractivity contribution in [1.82, 2.24) is 10.2 Å². The number of rotatable bonds is 6. The standard InChI is InChI=1S/C19H28N3O2S/c1-2-21-13-18-11-17(21)14-22(18)25(23,24)19-9-7-15(8-10-19)12-20-16-5-3-4-6-16/h7-10,16-17,20H,2-6,11-14H2,1H3/q+1. The summed E-state index contributed by atoms with van der Waals surface area (Å²) in [6, 6.07) is 8.43. The van der Waals surface area contributed by atoms with Gasteiger partial charge in [-0.1, -0.05) is 31.9 Å². The van der Waals surface area contributed by atoms with E-state index in [-0.39, 0.29) is 0 Å². The third-order valence-corrected chi connectivity index (χ3v) is 7.83. The lowest BCUT2D eigenvalue weighted by Gasteiger charge is -2.21.